The predicted molar refractivity (Wildman–Crippen MR) is 81.2 cm³/mol. The van der Waals surface area contributed by atoms with Crippen LogP contribution >= 0.6 is 0 Å². The molecule has 0 aliphatic carbocycles. The summed E-state index contributed by atoms with van der Waals surface area (Å²) in [5, 5.41) is 10.2. The highest BCUT2D eigenvalue weighted by Crippen LogP contribution is 2.20. The third-order valence-electron chi connectivity index (χ3n) is 3.56. The van der Waals surface area contributed by atoms with Crippen molar-refractivity contribution in [3.05, 3.63) is 65.0 Å². The average molecular weight is 339 g/mol. The van der Waals surface area contributed by atoms with Gasteiger partial charge in [0.2, 0.25) is 0 Å². The fourth-order valence-electron chi connectivity index (χ4n) is 2.17. The van der Waals surface area contributed by atoms with Gasteiger partial charge in [0.05, 0.1) is 25.3 Å². The second kappa shape index (κ2) is 7.35. The third kappa shape index (κ3) is 3.68. The van der Waals surface area contributed by atoms with Gasteiger partial charge in [0.1, 0.15) is 5.75 Å². The van der Waals surface area contributed by atoms with Gasteiger partial charge in [-0.2, -0.15) is 0 Å². The van der Waals surface area contributed by atoms with E-state index < -0.39 is 35.0 Å². The van der Waals surface area contributed by atoms with Gasteiger partial charge in [-0.3, -0.25) is 4.79 Å². The summed E-state index contributed by atoms with van der Waals surface area (Å²) < 4.78 is 44.8. The first-order valence-corrected chi connectivity index (χ1v) is 7.06. The molecular weight excluding hydrogens is 323 g/mol. The minimum absolute atomic E-state index is 0.149. The summed E-state index contributed by atoms with van der Waals surface area (Å²) in [6.45, 7) is -0.149. The van der Waals surface area contributed by atoms with E-state index in [1.54, 1.807) is 24.3 Å². The zero-order chi connectivity index (χ0) is 17.9. The number of hydrogen-bond acceptors (Lipinski definition) is 3. The first-order valence-electron chi connectivity index (χ1n) is 7.06. The molecule has 0 bridgehead atoms. The van der Waals surface area contributed by atoms with E-state index in [9.17, 15) is 23.1 Å². The van der Waals surface area contributed by atoms with E-state index >= 15 is 0 Å². The smallest absolute Gasteiger partial charge is 0.256 e. The van der Waals surface area contributed by atoms with E-state index in [1.807, 2.05) is 0 Å². The molecule has 0 aliphatic rings. The molecule has 0 aliphatic heterocycles. The van der Waals surface area contributed by atoms with Crippen molar-refractivity contribution in [1.82, 2.24) is 4.90 Å². The van der Waals surface area contributed by atoms with Gasteiger partial charge in [-0.1, -0.05) is 12.1 Å². The summed E-state index contributed by atoms with van der Waals surface area (Å²) in [6.07, 6.45) is -1.03. The Morgan fingerprint density at radius 1 is 1.12 bits per heavy atom. The van der Waals surface area contributed by atoms with Crippen LogP contribution in [0.3, 0.4) is 0 Å². The lowest BCUT2D eigenvalue weighted by Gasteiger charge is -2.21. The van der Waals surface area contributed by atoms with Crippen molar-refractivity contribution in [2.45, 2.75) is 6.10 Å². The van der Waals surface area contributed by atoms with Crippen LogP contribution in [0.25, 0.3) is 0 Å². The Bertz CT molecular complexity index is 735. The summed E-state index contributed by atoms with van der Waals surface area (Å²) in [7, 11) is 2.84. The molecule has 0 fully saturated rings. The van der Waals surface area contributed by atoms with Crippen LogP contribution in [0, 0.1) is 17.5 Å². The van der Waals surface area contributed by atoms with Gasteiger partial charge in [-0.05, 0) is 29.8 Å². The lowest BCUT2D eigenvalue weighted by molar-refractivity contribution is 0.0675. The molecule has 128 valence electrons. The second-order valence-electron chi connectivity index (χ2n) is 5.20. The highest BCUT2D eigenvalue weighted by molar-refractivity contribution is 5.94. The van der Waals surface area contributed by atoms with Crippen LogP contribution in [-0.2, 0) is 0 Å². The zero-order valence-corrected chi connectivity index (χ0v) is 13.1. The molecule has 0 aromatic heterocycles. The third-order valence-corrected chi connectivity index (χ3v) is 3.56. The maximum Gasteiger partial charge on any atom is 0.256 e. The maximum absolute atomic E-state index is 13.7. The molecule has 2 rings (SSSR count). The average Bonchev–Trinajstić information content (AvgIpc) is 2.59. The number of amides is 1. The van der Waals surface area contributed by atoms with Crippen LogP contribution < -0.4 is 4.74 Å². The highest BCUT2D eigenvalue weighted by atomic mass is 19.2. The van der Waals surface area contributed by atoms with Crippen molar-refractivity contribution in [2.75, 3.05) is 20.7 Å². The second-order valence-corrected chi connectivity index (χ2v) is 5.20. The molecular formula is C17H16F3NO3. The van der Waals surface area contributed by atoms with E-state index in [4.69, 9.17) is 4.74 Å². The Labute approximate surface area is 137 Å². The van der Waals surface area contributed by atoms with Gasteiger partial charge < -0.3 is 14.7 Å². The van der Waals surface area contributed by atoms with Crippen molar-refractivity contribution >= 4 is 5.91 Å². The first-order chi connectivity index (χ1) is 11.3. The van der Waals surface area contributed by atoms with Crippen LogP contribution in [0.15, 0.2) is 36.4 Å². The monoisotopic (exact) mass is 339 g/mol. The van der Waals surface area contributed by atoms with Crippen LogP contribution in [0.2, 0.25) is 0 Å². The van der Waals surface area contributed by atoms with E-state index in [-0.39, 0.29) is 6.54 Å². The molecule has 0 spiro atoms. The molecule has 4 nitrogen and oxygen atoms in total. The van der Waals surface area contributed by atoms with Crippen molar-refractivity contribution in [3.63, 3.8) is 0 Å². The van der Waals surface area contributed by atoms with Crippen LogP contribution in [0.4, 0.5) is 13.2 Å². The van der Waals surface area contributed by atoms with E-state index in [2.05, 4.69) is 0 Å². The summed E-state index contributed by atoms with van der Waals surface area (Å²) >= 11 is 0. The number of likely N-dealkylation sites (N-methyl/N-ethyl adjacent to an activating group) is 1. The number of carbonyl (C=O) groups excluding carboxylic acids is 1. The van der Waals surface area contributed by atoms with Crippen molar-refractivity contribution < 1.29 is 27.8 Å². The Morgan fingerprint density at radius 3 is 2.33 bits per heavy atom. The summed E-state index contributed by atoms with van der Waals surface area (Å²) in [4.78, 5) is 13.2. The van der Waals surface area contributed by atoms with Gasteiger partial charge in [-0.25, -0.2) is 13.2 Å². The normalized spacial score (nSPS) is 11.9. The predicted octanol–water partition coefficient (Wildman–Crippen LogP) is 2.92. The standard InChI is InChI=1S/C17H16F3NO3/c1-21(9-14(22)10-3-5-11(24-2)6-4-10)17(23)12-7-8-13(18)16(20)15(12)19/h3-8,14,22H,9H2,1-2H3. The highest BCUT2D eigenvalue weighted by Gasteiger charge is 2.23. The number of rotatable bonds is 5. The Hall–Kier alpha value is -2.54. The Morgan fingerprint density at radius 2 is 1.75 bits per heavy atom. The molecule has 0 heterocycles. The van der Waals surface area contributed by atoms with E-state index in [0.717, 1.165) is 11.0 Å². The molecule has 0 radical (unpaired) electrons. The van der Waals surface area contributed by atoms with E-state index in [1.165, 1.54) is 14.2 Å². The fourth-order valence-corrected chi connectivity index (χ4v) is 2.17. The van der Waals surface area contributed by atoms with Crippen LogP contribution in [0.5, 0.6) is 5.75 Å². The number of aliphatic hydroxyl groups excluding tert-OH is 1. The molecule has 1 atom stereocenters. The molecule has 2 aromatic rings. The molecule has 1 N–H and O–H groups in total. The molecule has 1 amide bonds. The van der Waals surface area contributed by atoms with Gasteiger partial charge in [0.25, 0.3) is 5.91 Å². The number of methoxy groups -OCH3 is 1. The lowest BCUT2D eigenvalue weighted by atomic mass is 10.1. The SMILES string of the molecule is COc1ccc(C(O)CN(C)C(=O)c2ccc(F)c(F)c2F)cc1. The van der Waals surface area contributed by atoms with Crippen LogP contribution in [0.1, 0.15) is 22.0 Å². The van der Waals surface area contributed by atoms with E-state index in [0.29, 0.717) is 17.4 Å². The number of benzene rings is 2. The first kappa shape index (κ1) is 17.8. The number of hydrogen-bond donors (Lipinski definition) is 1. The Kier molecular flexibility index (Phi) is 5.46. The summed E-state index contributed by atoms with van der Waals surface area (Å²) in [5.74, 6) is -4.88. The topological polar surface area (TPSA) is 49.8 Å². The maximum atomic E-state index is 13.7. The number of nitrogens with zero attached hydrogens (tertiary/aromatic N) is 1. The quantitative estimate of drug-likeness (QED) is 0.852. The minimum atomic E-state index is -1.70. The van der Waals surface area contributed by atoms with Gasteiger partial charge >= 0.3 is 0 Å². The fraction of sp³-hybridized carbons (Fsp3) is 0.235. The molecule has 0 saturated heterocycles. The zero-order valence-electron chi connectivity index (χ0n) is 13.1. The molecule has 24 heavy (non-hydrogen) atoms. The number of halogens is 3. The van der Waals surface area contributed by atoms with Crippen molar-refractivity contribution in [1.29, 1.82) is 0 Å². The van der Waals surface area contributed by atoms with Gasteiger partial charge in [0, 0.05) is 7.05 Å². The number of aliphatic hydroxyl groups is 1. The van der Waals surface area contributed by atoms with Gasteiger partial charge in [-0.15, -0.1) is 0 Å². The minimum Gasteiger partial charge on any atom is -0.497 e. The molecule has 0 saturated carbocycles. The number of ether oxygens (including phenoxy) is 1. The largest absolute Gasteiger partial charge is 0.497 e. The summed E-state index contributed by atoms with van der Waals surface area (Å²) in [6, 6.07) is 8.09. The molecule has 1 unspecified atom stereocenters. The lowest BCUT2D eigenvalue weighted by Crippen LogP contribution is -2.32. The van der Waals surface area contributed by atoms with Crippen LogP contribution in [-0.4, -0.2) is 36.6 Å². The Balaban J connectivity index is 2.12. The molecule has 2 aromatic carbocycles. The molecule has 7 heteroatoms. The number of carbonyl (C=O) groups is 1. The summed E-state index contributed by atoms with van der Waals surface area (Å²) in [5.41, 5.74) is -0.0699. The van der Waals surface area contributed by atoms with Gasteiger partial charge in [0.15, 0.2) is 17.5 Å². The van der Waals surface area contributed by atoms with Crippen molar-refractivity contribution in [3.8, 4) is 5.75 Å². The van der Waals surface area contributed by atoms with Crippen molar-refractivity contribution in [2.24, 2.45) is 0 Å².